The molecule has 1 aliphatic heterocycles. The molecule has 4 rings (SSSR count). The summed E-state index contributed by atoms with van der Waals surface area (Å²) in [5.41, 5.74) is 1.41. The number of aromatic nitrogens is 2. The fourth-order valence-corrected chi connectivity index (χ4v) is 5.01. The first kappa shape index (κ1) is 22.8. The number of carbonyl (C=O) groups is 1. The van der Waals surface area contributed by atoms with Crippen molar-refractivity contribution in [2.45, 2.75) is 38.0 Å². The number of anilines is 1. The van der Waals surface area contributed by atoms with Gasteiger partial charge in [0.1, 0.15) is 5.75 Å². The number of carbonyl (C=O) groups excluding carboxylic acids is 1. The number of rotatable bonds is 7. The Morgan fingerprint density at radius 2 is 1.85 bits per heavy atom. The largest absolute Gasteiger partial charge is 0.494 e. The minimum absolute atomic E-state index is 0.0857. The summed E-state index contributed by atoms with van der Waals surface area (Å²) in [6, 6.07) is 11.5. The van der Waals surface area contributed by atoms with E-state index in [1.807, 2.05) is 6.92 Å². The van der Waals surface area contributed by atoms with Gasteiger partial charge >= 0.3 is 11.8 Å². The molecular weight excluding hydrogens is 444 g/mol. The average molecular weight is 471 g/mol. The van der Waals surface area contributed by atoms with Crippen molar-refractivity contribution in [2.75, 3.05) is 24.4 Å². The van der Waals surface area contributed by atoms with Gasteiger partial charge in [-0.05, 0) is 69.0 Å². The Kier molecular flexibility index (Phi) is 6.64. The van der Waals surface area contributed by atoms with Crippen molar-refractivity contribution in [3.05, 3.63) is 53.9 Å². The number of nitrogens with one attached hydrogen (secondary N) is 1. The molecule has 0 bridgehead atoms. The van der Waals surface area contributed by atoms with Crippen molar-refractivity contribution < 1.29 is 22.5 Å². The standard InChI is InChI=1S/C23H26N4O5S/c1-3-31-19-11-9-18(10-12-19)26-33(29,30)20-15-17(8-7-16(20)2)21-24-22(32-25-21)23(28)27-13-5-4-6-14-27/h7-12,15,26H,3-6,13-14H2,1-2H3. The maximum atomic E-state index is 13.1. The van der Waals surface area contributed by atoms with Crippen LogP contribution >= 0.6 is 0 Å². The first-order valence-electron chi connectivity index (χ1n) is 10.9. The summed E-state index contributed by atoms with van der Waals surface area (Å²) in [7, 11) is -3.88. The monoisotopic (exact) mass is 470 g/mol. The van der Waals surface area contributed by atoms with Crippen molar-refractivity contribution in [2.24, 2.45) is 0 Å². The van der Waals surface area contributed by atoms with Crippen molar-refractivity contribution in [1.29, 1.82) is 0 Å². The van der Waals surface area contributed by atoms with E-state index >= 15 is 0 Å². The Bertz CT molecular complexity index is 1230. The number of ether oxygens (including phenoxy) is 1. The van der Waals surface area contributed by atoms with E-state index in [-0.39, 0.29) is 22.5 Å². The number of piperidine rings is 1. The Morgan fingerprint density at radius 3 is 2.55 bits per heavy atom. The number of likely N-dealkylation sites (tertiary alicyclic amines) is 1. The van der Waals surface area contributed by atoms with Crippen LogP contribution in [0.4, 0.5) is 5.69 Å². The Hall–Kier alpha value is -3.40. The summed E-state index contributed by atoms with van der Waals surface area (Å²) in [5, 5.41) is 3.90. The molecule has 2 aromatic carbocycles. The van der Waals surface area contributed by atoms with Crippen molar-refractivity contribution >= 4 is 21.6 Å². The maximum absolute atomic E-state index is 13.1. The molecule has 1 N–H and O–H groups in total. The molecule has 0 saturated carbocycles. The smallest absolute Gasteiger partial charge is 0.316 e. The molecule has 174 valence electrons. The number of hydrogen-bond donors (Lipinski definition) is 1. The Labute approximate surface area is 192 Å². The van der Waals surface area contributed by atoms with Gasteiger partial charge in [0.2, 0.25) is 5.82 Å². The molecule has 9 nitrogen and oxygen atoms in total. The van der Waals surface area contributed by atoms with Crippen LogP contribution < -0.4 is 9.46 Å². The van der Waals surface area contributed by atoms with Gasteiger partial charge in [-0.3, -0.25) is 9.52 Å². The Morgan fingerprint density at radius 1 is 1.12 bits per heavy atom. The molecule has 1 saturated heterocycles. The van der Waals surface area contributed by atoms with Gasteiger partial charge in [0.15, 0.2) is 0 Å². The highest BCUT2D eigenvalue weighted by atomic mass is 32.2. The zero-order valence-corrected chi connectivity index (χ0v) is 19.4. The lowest BCUT2D eigenvalue weighted by molar-refractivity contribution is 0.0674. The van der Waals surface area contributed by atoms with Crippen molar-refractivity contribution in [3.8, 4) is 17.1 Å². The SMILES string of the molecule is CCOc1ccc(NS(=O)(=O)c2cc(-c3noc(C(=O)N4CCCCC4)n3)ccc2C)cc1. The molecule has 33 heavy (non-hydrogen) atoms. The van der Waals surface area contributed by atoms with Gasteiger partial charge in [-0.25, -0.2) is 8.42 Å². The summed E-state index contributed by atoms with van der Waals surface area (Å²) in [4.78, 5) is 18.6. The van der Waals surface area contributed by atoms with Crippen LogP contribution in [0.5, 0.6) is 5.75 Å². The molecule has 0 aliphatic carbocycles. The quantitative estimate of drug-likeness (QED) is 0.557. The highest BCUT2D eigenvalue weighted by Crippen LogP contribution is 2.26. The summed E-state index contributed by atoms with van der Waals surface area (Å²) in [6.07, 6.45) is 3.00. The molecule has 3 aromatic rings. The third-order valence-electron chi connectivity index (χ3n) is 5.41. The molecule has 10 heteroatoms. The van der Waals surface area contributed by atoms with Crippen LogP contribution in [0.3, 0.4) is 0 Å². The zero-order valence-electron chi connectivity index (χ0n) is 18.6. The van der Waals surface area contributed by atoms with E-state index in [1.54, 1.807) is 48.2 Å². The number of nitrogens with zero attached hydrogens (tertiary/aromatic N) is 3. The highest BCUT2D eigenvalue weighted by molar-refractivity contribution is 7.92. The lowest BCUT2D eigenvalue weighted by atomic mass is 10.1. The lowest BCUT2D eigenvalue weighted by Gasteiger charge is -2.24. The second-order valence-electron chi connectivity index (χ2n) is 7.82. The molecule has 1 aromatic heterocycles. The predicted octanol–water partition coefficient (Wildman–Crippen LogP) is 3.87. The van der Waals surface area contributed by atoms with E-state index < -0.39 is 10.0 Å². The molecule has 1 aliphatic rings. The molecular formula is C23H26N4O5S. The fraction of sp³-hybridized carbons (Fsp3) is 0.348. The molecule has 1 fully saturated rings. The van der Waals surface area contributed by atoms with Crippen LogP contribution in [0, 0.1) is 6.92 Å². The normalized spacial score (nSPS) is 14.2. The minimum Gasteiger partial charge on any atom is -0.494 e. The van der Waals surface area contributed by atoms with E-state index in [1.165, 1.54) is 6.07 Å². The number of amides is 1. The van der Waals surface area contributed by atoms with Gasteiger partial charge in [0.25, 0.3) is 10.0 Å². The number of benzene rings is 2. The molecule has 2 heterocycles. The third-order valence-corrected chi connectivity index (χ3v) is 6.93. The maximum Gasteiger partial charge on any atom is 0.316 e. The van der Waals surface area contributed by atoms with Crippen LogP contribution in [0.1, 0.15) is 42.4 Å². The van der Waals surface area contributed by atoms with Crippen LogP contribution in [-0.4, -0.2) is 49.1 Å². The number of sulfonamides is 1. The summed E-state index contributed by atoms with van der Waals surface area (Å²) >= 11 is 0. The highest BCUT2D eigenvalue weighted by Gasteiger charge is 2.25. The van der Waals surface area contributed by atoms with E-state index in [0.717, 1.165) is 19.3 Å². The Balaban J connectivity index is 1.56. The van der Waals surface area contributed by atoms with Gasteiger partial charge in [-0.2, -0.15) is 4.98 Å². The van der Waals surface area contributed by atoms with E-state index in [9.17, 15) is 13.2 Å². The van der Waals surface area contributed by atoms with Gasteiger partial charge in [0, 0.05) is 24.3 Å². The summed E-state index contributed by atoms with van der Waals surface area (Å²) < 4.78 is 39.3. The van der Waals surface area contributed by atoms with Crippen LogP contribution in [0.15, 0.2) is 51.9 Å². The average Bonchev–Trinajstić information content (AvgIpc) is 3.31. The van der Waals surface area contributed by atoms with Crippen molar-refractivity contribution in [1.82, 2.24) is 15.0 Å². The van der Waals surface area contributed by atoms with E-state index in [0.29, 0.717) is 42.3 Å². The molecule has 1 amide bonds. The van der Waals surface area contributed by atoms with Crippen molar-refractivity contribution in [3.63, 3.8) is 0 Å². The van der Waals surface area contributed by atoms with E-state index in [4.69, 9.17) is 9.26 Å². The van der Waals surface area contributed by atoms with Crippen LogP contribution in [0.25, 0.3) is 11.4 Å². The van der Waals surface area contributed by atoms with Crippen LogP contribution in [0.2, 0.25) is 0 Å². The van der Waals surface area contributed by atoms with Gasteiger partial charge in [-0.1, -0.05) is 17.3 Å². The second kappa shape index (κ2) is 9.62. The first-order chi connectivity index (χ1) is 15.9. The molecule has 0 radical (unpaired) electrons. The topological polar surface area (TPSA) is 115 Å². The third kappa shape index (κ3) is 5.16. The van der Waals surface area contributed by atoms with E-state index in [2.05, 4.69) is 14.9 Å². The first-order valence-corrected chi connectivity index (χ1v) is 12.4. The summed E-state index contributed by atoms with van der Waals surface area (Å²) in [6.45, 7) is 5.45. The minimum atomic E-state index is -3.88. The van der Waals surface area contributed by atoms with Gasteiger partial charge < -0.3 is 14.2 Å². The number of hydrogen-bond acceptors (Lipinski definition) is 7. The fourth-order valence-electron chi connectivity index (χ4n) is 3.68. The summed E-state index contributed by atoms with van der Waals surface area (Å²) in [5.74, 6) is 0.425. The van der Waals surface area contributed by atoms with Gasteiger partial charge in [0.05, 0.1) is 11.5 Å². The van der Waals surface area contributed by atoms with Gasteiger partial charge in [-0.15, -0.1) is 0 Å². The molecule has 0 spiro atoms. The molecule has 0 unspecified atom stereocenters. The zero-order chi connectivity index (χ0) is 23.4. The lowest BCUT2D eigenvalue weighted by Crippen LogP contribution is -2.35. The second-order valence-corrected chi connectivity index (χ2v) is 9.47. The number of aryl methyl sites for hydroxylation is 1. The molecule has 0 atom stereocenters. The van der Waals surface area contributed by atoms with Crippen LogP contribution in [-0.2, 0) is 10.0 Å². The predicted molar refractivity (Wildman–Crippen MR) is 123 cm³/mol.